The van der Waals surface area contributed by atoms with Crippen LogP contribution in [0.4, 0.5) is 0 Å². The lowest BCUT2D eigenvalue weighted by atomic mass is 9.96. The minimum Gasteiger partial charge on any atom is -0.497 e. The number of benzene rings is 4. The Balaban J connectivity index is 1.49. The molecule has 0 fully saturated rings. The highest BCUT2D eigenvalue weighted by Crippen LogP contribution is 2.33. The minimum atomic E-state index is 0.0947. The number of rotatable bonds is 8. The zero-order valence-corrected chi connectivity index (χ0v) is 20.8. The molecule has 1 aliphatic rings. The Morgan fingerprint density at radius 2 is 1.50 bits per heavy atom. The van der Waals surface area contributed by atoms with Crippen LogP contribution in [0.1, 0.15) is 22.3 Å². The average molecular weight is 478 g/mol. The third kappa shape index (κ3) is 4.99. The molecule has 0 atom stereocenters. The average Bonchev–Trinajstić information content (AvgIpc) is 3.36. The van der Waals surface area contributed by atoms with E-state index in [2.05, 4.69) is 53.4 Å². The van der Waals surface area contributed by atoms with Crippen molar-refractivity contribution >= 4 is 5.91 Å². The van der Waals surface area contributed by atoms with E-state index < -0.39 is 0 Å². The van der Waals surface area contributed by atoms with Gasteiger partial charge in [0.15, 0.2) is 0 Å². The highest BCUT2D eigenvalue weighted by atomic mass is 16.5. The Bertz CT molecular complexity index is 1320. The lowest BCUT2D eigenvalue weighted by Gasteiger charge is -2.30. The predicted molar refractivity (Wildman–Crippen MR) is 143 cm³/mol. The zero-order chi connectivity index (χ0) is 24.9. The van der Waals surface area contributed by atoms with E-state index in [1.54, 1.807) is 14.2 Å². The van der Waals surface area contributed by atoms with Gasteiger partial charge in [-0.15, -0.1) is 0 Å². The van der Waals surface area contributed by atoms with Crippen LogP contribution in [0.15, 0.2) is 97.1 Å². The van der Waals surface area contributed by atoms with E-state index >= 15 is 0 Å². The van der Waals surface area contributed by atoms with E-state index in [0.29, 0.717) is 6.54 Å². The Morgan fingerprint density at radius 3 is 2.19 bits per heavy atom. The summed E-state index contributed by atoms with van der Waals surface area (Å²) in [4.78, 5) is 16.2. The van der Waals surface area contributed by atoms with Crippen molar-refractivity contribution < 1.29 is 14.3 Å². The minimum absolute atomic E-state index is 0.0947. The van der Waals surface area contributed by atoms with Crippen LogP contribution in [0.3, 0.4) is 0 Å². The van der Waals surface area contributed by atoms with Crippen LogP contribution in [0.2, 0.25) is 0 Å². The number of fused-ring (bicyclic) bond motifs is 1. The molecule has 0 N–H and O–H groups in total. The standard InChI is InChI=1S/C32H31NO3/c1-35-28-15-8-10-23(18-28)22-33(27-19-25-13-6-7-14-26(25)20-27)32(34)21-30-29(16-9-17-31(30)36-2)24-11-4-3-5-12-24/h3-18,27H,19-22H2,1-2H3. The molecule has 5 rings (SSSR count). The first-order chi connectivity index (χ1) is 17.7. The molecule has 0 bridgehead atoms. The van der Waals surface area contributed by atoms with Gasteiger partial charge in [0, 0.05) is 18.2 Å². The molecule has 182 valence electrons. The highest BCUT2D eigenvalue weighted by Gasteiger charge is 2.31. The van der Waals surface area contributed by atoms with E-state index in [1.807, 2.05) is 48.5 Å². The van der Waals surface area contributed by atoms with E-state index in [9.17, 15) is 4.79 Å². The van der Waals surface area contributed by atoms with Crippen molar-refractivity contribution in [3.63, 3.8) is 0 Å². The van der Waals surface area contributed by atoms with Gasteiger partial charge in [-0.2, -0.15) is 0 Å². The van der Waals surface area contributed by atoms with Crippen molar-refractivity contribution in [1.82, 2.24) is 4.90 Å². The van der Waals surface area contributed by atoms with Crippen molar-refractivity contribution in [2.75, 3.05) is 14.2 Å². The van der Waals surface area contributed by atoms with Gasteiger partial charge in [0.2, 0.25) is 5.91 Å². The van der Waals surface area contributed by atoms with E-state index in [0.717, 1.165) is 46.6 Å². The zero-order valence-electron chi connectivity index (χ0n) is 20.8. The van der Waals surface area contributed by atoms with Crippen LogP contribution >= 0.6 is 0 Å². The maximum absolute atomic E-state index is 14.1. The fraction of sp³-hybridized carbons (Fsp3) is 0.219. The third-order valence-corrected chi connectivity index (χ3v) is 7.04. The molecule has 0 unspecified atom stereocenters. The lowest BCUT2D eigenvalue weighted by Crippen LogP contribution is -2.41. The van der Waals surface area contributed by atoms with Gasteiger partial charge in [-0.05, 0) is 58.9 Å². The summed E-state index contributed by atoms with van der Waals surface area (Å²) in [5.74, 6) is 1.63. The highest BCUT2D eigenvalue weighted by molar-refractivity contribution is 5.84. The summed E-state index contributed by atoms with van der Waals surface area (Å²) in [7, 11) is 3.34. The maximum atomic E-state index is 14.1. The number of carbonyl (C=O) groups excluding carboxylic acids is 1. The van der Waals surface area contributed by atoms with Gasteiger partial charge in [0.25, 0.3) is 0 Å². The molecular weight excluding hydrogens is 446 g/mol. The molecule has 4 nitrogen and oxygen atoms in total. The fourth-order valence-electron chi connectivity index (χ4n) is 5.22. The molecule has 36 heavy (non-hydrogen) atoms. The number of hydrogen-bond donors (Lipinski definition) is 0. The van der Waals surface area contributed by atoms with E-state index in [-0.39, 0.29) is 18.4 Å². The topological polar surface area (TPSA) is 38.8 Å². The van der Waals surface area contributed by atoms with Crippen molar-refractivity contribution in [2.24, 2.45) is 0 Å². The van der Waals surface area contributed by atoms with E-state index in [1.165, 1.54) is 11.1 Å². The molecule has 1 amide bonds. The monoisotopic (exact) mass is 477 g/mol. The van der Waals surface area contributed by atoms with Gasteiger partial charge in [-0.3, -0.25) is 4.79 Å². The summed E-state index contributed by atoms with van der Waals surface area (Å²) >= 11 is 0. The quantitative estimate of drug-likeness (QED) is 0.307. The molecule has 4 aromatic carbocycles. The molecule has 0 saturated carbocycles. The van der Waals surface area contributed by atoms with Crippen LogP contribution in [0.25, 0.3) is 11.1 Å². The van der Waals surface area contributed by atoms with Gasteiger partial charge in [-0.25, -0.2) is 0 Å². The second-order valence-electron chi connectivity index (χ2n) is 9.23. The first-order valence-corrected chi connectivity index (χ1v) is 12.4. The summed E-state index contributed by atoms with van der Waals surface area (Å²) in [5.41, 5.74) is 6.73. The number of ether oxygens (including phenoxy) is 2. The number of amides is 1. The number of nitrogens with zero attached hydrogens (tertiary/aromatic N) is 1. The molecule has 0 spiro atoms. The van der Waals surface area contributed by atoms with Crippen molar-refractivity contribution in [2.45, 2.75) is 31.8 Å². The molecule has 4 aromatic rings. The molecule has 0 heterocycles. The van der Waals surface area contributed by atoms with Crippen LogP contribution in [-0.2, 0) is 30.6 Å². The van der Waals surface area contributed by atoms with Crippen LogP contribution in [0, 0.1) is 0 Å². The van der Waals surface area contributed by atoms with Gasteiger partial charge < -0.3 is 14.4 Å². The first kappa shape index (κ1) is 23.7. The SMILES string of the molecule is COc1cccc(CN(C(=O)Cc2c(OC)cccc2-c2ccccc2)C2Cc3ccccc3C2)c1. The normalized spacial score (nSPS) is 12.7. The molecule has 0 aromatic heterocycles. The molecule has 0 radical (unpaired) electrons. The van der Waals surface area contributed by atoms with Gasteiger partial charge >= 0.3 is 0 Å². The largest absolute Gasteiger partial charge is 0.497 e. The summed E-state index contributed by atoms with van der Waals surface area (Å²) < 4.78 is 11.2. The molecular formula is C32H31NO3. The number of carbonyl (C=O) groups is 1. The molecule has 0 aliphatic heterocycles. The maximum Gasteiger partial charge on any atom is 0.227 e. The summed E-state index contributed by atoms with van der Waals surface area (Å²) in [6.45, 7) is 0.532. The van der Waals surface area contributed by atoms with Gasteiger partial charge in [-0.1, -0.05) is 78.9 Å². The Hall–Kier alpha value is -4.05. The summed E-state index contributed by atoms with van der Waals surface area (Å²) in [5, 5.41) is 0. The molecule has 1 aliphatic carbocycles. The van der Waals surface area contributed by atoms with Gasteiger partial charge in [0.1, 0.15) is 11.5 Å². The first-order valence-electron chi connectivity index (χ1n) is 12.4. The van der Waals surface area contributed by atoms with Crippen LogP contribution < -0.4 is 9.47 Å². The Kier molecular flexibility index (Phi) is 7.03. The fourth-order valence-corrected chi connectivity index (χ4v) is 5.22. The third-order valence-electron chi connectivity index (χ3n) is 7.04. The molecule has 0 saturated heterocycles. The summed E-state index contributed by atoms with van der Waals surface area (Å²) in [6, 6.07) is 32.8. The lowest BCUT2D eigenvalue weighted by molar-refractivity contribution is -0.133. The predicted octanol–water partition coefficient (Wildman–Crippen LogP) is 6.11. The van der Waals surface area contributed by atoms with Crippen LogP contribution in [-0.4, -0.2) is 31.1 Å². The number of hydrogen-bond acceptors (Lipinski definition) is 3. The Morgan fingerprint density at radius 1 is 0.806 bits per heavy atom. The van der Waals surface area contributed by atoms with Crippen molar-refractivity contribution in [1.29, 1.82) is 0 Å². The van der Waals surface area contributed by atoms with Crippen molar-refractivity contribution in [3.05, 3.63) is 119 Å². The Labute approximate surface area is 213 Å². The van der Waals surface area contributed by atoms with E-state index in [4.69, 9.17) is 9.47 Å². The van der Waals surface area contributed by atoms with Gasteiger partial charge in [0.05, 0.1) is 20.6 Å². The van der Waals surface area contributed by atoms with Crippen LogP contribution in [0.5, 0.6) is 11.5 Å². The molecule has 4 heteroatoms. The number of methoxy groups -OCH3 is 2. The second-order valence-corrected chi connectivity index (χ2v) is 9.23. The summed E-state index contributed by atoms with van der Waals surface area (Å²) in [6.07, 6.45) is 2.00. The second kappa shape index (κ2) is 10.7. The van der Waals surface area contributed by atoms with Crippen molar-refractivity contribution in [3.8, 4) is 22.6 Å². The smallest absolute Gasteiger partial charge is 0.227 e.